The Morgan fingerprint density at radius 2 is 0.703 bits per heavy atom. The molecular formula is C57H119ClN14O19. The molecular weight excluding hydrogens is 1220 g/mol. The van der Waals surface area contributed by atoms with Crippen molar-refractivity contribution in [1.29, 1.82) is 0 Å². The van der Waals surface area contributed by atoms with E-state index < -0.39 is 122 Å². The average Bonchev–Trinajstić information content (AvgIpc) is 1.40. The SMILES string of the molecule is CCCCN(CCC)CCNC(=O)CNC(=O)[C@@H](O)[C@@H](O)[C@H](O)[C@@H](O)C(=O)NCC(=O)NCCN(CCC)CCNC.CCCN(CCN)CCNC.CCCN(CCN)CCNC.COC(=O)CCC(=O)[C@@H](O)[C@@H](O)[C@H](O)[C@@H](O)C(=O)NCC(=O)OC.Cl.[C-]#[O+]. The van der Waals surface area contributed by atoms with Crippen LogP contribution in [0.4, 0.5) is 0 Å². The second-order valence-corrected chi connectivity index (χ2v) is 20.3. The number of likely N-dealkylation sites (N-methyl/N-ethyl adjacent to an activating group) is 3. The first kappa shape index (κ1) is 97.4. The molecule has 0 heterocycles. The van der Waals surface area contributed by atoms with Crippen LogP contribution in [0.2, 0.25) is 0 Å². The first-order valence-corrected chi connectivity index (χ1v) is 30.8. The fraction of sp³-hybridized carbons (Fsp3) is 0.842. The number of rotatable bonds is 49. The van der Waals surface area contributed by atoms with E-state index in [0.29, 0.717) is 26.2 Å². The Kier molecular flexibility index (Phi) is 71.4. The minimum atomic E-state index is -2.25. The van der Waals surface area contributed by atoms with Crippen LogP contribution in [0.5, 0.6) is 0 Å². The number of ketones is 1. The summed E-state index contributed by atoms with van der Waals surface area (Å²) in [7, 11) is 7.98. The zero-order valence-electron chi connectivity index (χ0n) is 55.8. The third kappa shape index (κ3) is 53.4. The molecule has 0 aliphatic rings. The number of nitrogens with one attached hydrogen (secondary N) is 8. The molecule has 538 valence electrons. The Balaban J connectivity index is -0.000000306. The molecule has 0 aromatic heterocycles. The number of Topliss-reactive ketones (excluding diaryl/α,β-unsaturated/α-hetero) is 1. The molecule has 91 heavy (non-hydrogen) atoms. The number of unbranched alkanes of at least 4 members (excludes halogenated alkanes) is 1. The molecule has 0 spiro atoms. The van der Waals surface area contributed by atoms with Gasteiger partial charge < -0.3 is 124 Å². The third-order valence-electron chi connectivity index (χ3n) is 12.8. The van der Waals surface area contributed by atoms with Crippen LogP contribution in [0.15, 0.2) is 0 Å². The van der Waals surface area contributed by atoms with Crippen LogP contribution in [0.3, 0.4) is 0 Å². The third-order valence-corrected chi connectivity index (χ3v) is 12.8. The molecule has 0 saturated carbocycles. The van der Waals surface area contributed by atoms with Gasteiger partial charge in [0.05, 0.1) is 33.7 Å². The summed E-state index contributed by atoms with van der Waals surface area (Å²) < 4.78 is 16.0. The number of esters is 2. The molecule has 0 radical (unpaired) electrons. The predicted octanol–water partition coefficient (Wildman–Crippen LogP) is -7.28. The Labute approximate surface area is 545 Å². The molecule has 33 nitrogen and oxygen atoms in total. The van der Waals surface area contributed by atoms with Crippen LogP contribution in [0, 0.1) is 6.65 Å². The van der Waals surface area contributed by atoms with Gasteiger partial charge in [-0.1, -0.05) is 41.0 Å². The summed E-state index contributed by atoms with van der Waals surface area (Å²) in [6, 6.07) is 0. The van der Waals surface area contributed by atoms with Crippen LogP contribution in [0.25, 0.3) is 0 Å². The van der Waals surface area contributed by atoms with Crippen LogP contribution in [0.1, 0.15) is 86.0 Å². The van der Waals surface area contributed by atoms with Gasteiger partial charge in [0.25, 0.3) is 17.7 Å². The van der Waals surface area contributed by atoms with Crippen molar-refractivity contribution in [3.63, 3.8) is 0 Å². The second kappa shape index (κ2) is 66.8. The molecule has 0 bridgehead atoms. The number of ether oxygens (including phenoxy) is 2. The molecule has 0 aliphatic carbocycles. The Morgan fingerprint density at radius 1 is 0.407 bits per heavy atom. The molecule has 5 amide bonds. The number of halogens is 1. The Morgan fingerprint density at radius 3 is 1.00 bits per heavy atom. The Hall–Kier alpha value is -4.69. The van der Waals surface area contributed by atoms with Crippen molar-refractivity contribution in [2.24, 2.45) is 11.5 Å². The number of carbonyl (C=O) groups is 8. The van der Waals surface area contributed by atoms with Crippen LogP contribution >= 0.6 is 12.4 Å². The number of carbonyl (C=O) groups excluding carboxylic acids is 8. The normalized spacial score (nSPS) is 13.3. The van der Waals surface area contributed by atoms with Gasteiger partial charge in [-0.25, -0.2) is 0 Å². The fourth-order valence-electron chi connectivity index (χ4n) is 7.75. The van der Waals surface area contributed by atoms with Crippen molar-refractivity contribution in [2.75, 3.05) is 179 Å². The van der Waals surface area contributed by atoms with Gasteiger partial charge in [-0.15, -0.1) is 12.4 Å². The predicted molar refractivity (Wildman–Crippen MR) is 344 cm³/mol. The summed E-state index contributed by atoms with van der Waals surface area (Å²) in [5.41, 5.74) is 10.9. The molecule has 0 aromatic rings. The van der Waals surface area contributed by atoms with E-state index in [0.717, 1.165) is 125 Å². The molecule has 0 aromatic carbocycles. The van der Waals surface area contributed by atoms with Crippen molar-refractivity contribution in [3.8, 4) is 0 Å². The monoisotopic (exact) mass is 1340 g/mol. The van der Waals surface area contributed by atoms with E-state index in [1.165, 1.54) is 25.9 Å². The zero-order valence-corrected chi connectivity index (χ0v) is 56.6. The summed E-state index contributed by atoms with van der Waals surface area (Å²) >= 11 is 0. The maximum absolute atomic E-state index is 12.2. The number of aliphatic hydroxyl groups is 8. The zero-order chi connectivity index (χ0) is 69.8. The number of nitrogens with zero attached hydrogens (tertiary/aromatic N) is 4. The van der Waals surface area contributed by atoms with Crippen molar-refractivity contribution in [3.05, 3.63) is 6.65 Å². The first-order valence-electron chi connectivity index (χ1n) is 30.8. The number of hydrogen-bond acceptors (Lipinski definition) is 27. The average molecular weight is 1340 g/mol. The Bertz CT molecular complexity index is 1730. The van der Waals surface area contributed by atoms with E-state index in [4.69, 9.17) is 16.1 Å². The fourth-order valence-corrected chi connectivity index (χ4v) is 7.75. The summed E-state index contributed by atoms with van der Waals surface area (Å²) in [4.78, 5) is 102. The van der Waals surface area contributed by atoms with E-state index in [2.05, 4.69) is 108 Å². The molecule has 0 saturated heterocycles. The van der Waals surface area contributed by atoms with Gasteiger partial charge in [0.2, 0.25) is 11.8 Å². The minimum absolute atomic E-state index is 0. The van der Waals surface area contributed by atoms with Gasteiger partial charge >= 0.3 is 23.2 Å². The van der Waals surface area contributed by atoms with Gasteiger partial charge in [-0.2, -0.15) is 0 Å². The van der Waals surface area contributed by atoms with E-state index in [1.807, 2.05) is 26.5 Å². The number of amides is 5. The number of methoxy groups -OCH3 is 2. The van der Waals surface area contributed by atoms with Crippen LogP contribution in [-0.2, 0) is 52.5 Å². The van der Waals surface area contributed by atoms with Gasteiger partial charge in [-0.3, -0.25) is 38.4 Å². The van der Waals surface area contributed by atoms with Crippen LogP contribution in [-0.4, -0.2) is 336 Å². The van der Waals surface area contributed by atoms with Crippen LogP contribution < -0.4 is 54.0 Å². The standard InChI is InChI=1S/C27H55N7O8.C13H21NO10.2C8H21N3.CO.ClH/c1-5-8-14-33(12-6-2)16-10-29-20(35)18-31-26(41)24(39)22(37)23(38)25(40)27(42)32-19-21(36)30-11-17-34(13-7-3)15-9-28-4;1-23-7(16)4-3-6(15)9(18)10(19)11(20)12(21)13(22)14-5-8(17)24-2;2*1-3-6-11(7-4-9)8-5-10-2;1-2;/h22-25,28,37-40H,5-19H2,1-4H3,(H,29,35)(H,30,36)(H,31,41)(H,32,42);9-12,18-21H,3-5H2,1-2H3,(H,14,22);2*10H,3-9H2,1-2H3;;1H/t22-,23-,24-,25+;9-,10-,11+,12-;;;;/m01..../s1. The summed E-state index contributed by atoms with van der Waals surface area (Å²) in [6.07, 6.45) is -12.0. The van der Waals surface area contributed by atoms with E-state index in [1.54, 1.807) is 0 Å². The van der Waals surface area contributed by atoms with E-state index >= 15 is 0 Å². The summed E-state index contributed by atoms with van der Waals surface area (Å²) in [5.74, 6) is -7.13. The molecule has 0 aliphatic heterocycles. The van der Waals surface area contributed by atoms with Crippen molar-refractivity contribution >= 4 is 59.7 Å². The molecule has 0 unspecified atom stereocenters. The summed E-state index contributed by atoms with van der Waals surface area (Å²) in [5, 5.41) is 99.7. The molecule has 0 rings (SSSR count). The van der Waals surface area contributed by atoms with Gasteiger partial charge in [0.1, 0.15) is 37.1 Å². The quantitative estimate of drug-likeness (QED) is 0.0153. The van der Waals surface area contributed by atoms with Crippen molar-refractivity contribution in [2.45, 2.75) is 135 Å². The molecule has 20 N–H and O–H groups in total. The number of aliphatic hydroxyl groups excluding tert-OH is 8. The molecule has 0 fully saturated rings. The first-order chi connectivity index (χ1) is 42.9. The maximum atomic E-state index is 12.2. The number of nitrogens with two attached hydrogens (primary N) is 2. The van der Waals surface area contributed by atoms with Crippen molar-refractivity contribution < 1.29 is 93.3 Å². The number of hydrogen-bond donors (Lipinski definition) is 18. The van der Waals surface area contributed by atoms with Crippen molar-refractivity contribution in [1.82, 2.24) is 62.1 Å². The molecule has 34 heteroatoms. The topological polar surface area (TPSA) is 498 Å². The van der Waals surface area contributed by atoms with E-state index in [-0.39, 0.29) is 18.8 Å². The van der Waals surface area contributed by atoms with E-state index in [9.17, 15) is 79.2 Å². The molecule has 8 atom stereocenters. The summed E-state index contributed by atoms with van der Waals surface area (Å²) in [6.45, 7) is 30.1. The van der Waals surface area contributed by atoms with Gasteiger partial charge in [-0.05, 0) is 86.0 Å². The second-order valence-electron chi connectivity index (χ2n) is 20.3. The van der Waals surface area contributed by atoms with Gasteiger partial charge in [0.15, 0.2) is 24.1 Å². The van der Waals surface area contributed by atoms with Gasteiger partial charge in [0, 0.05) is 98.0 Å².